The van der Waals surface area contributed by atoms with Crippen LogP contribution in [0.4, 0.5) is 0 Å². The van der Waals surface area contributed by atoms with Gasteiger partial charge in [-0.05, 0) is 49.9 Å². The maximum Gasteiger partial charge on any atom is 0.227 e. The summed E-state index contributed by atoms with van der Waals surface area (Å²) in [7, 11) is 1.65. The molecule has 1 fully saturated rings. The Hall–Kier alpha value is -2.83. The lowest BCUT2D eigenvalue weighted by molar-refractivity contribution is 0.100. The fraction of sp³-hybridized carbons (Fsp3) is 0.423. The summed E-state index contributed by atoms with van der Waals surface area (Å²) in [6, 6.07) is 18.3. The Kier molecular flexibility index (Phi) is 7.12. The second-order valence-corrected chi connectivity index (χ2v) is 8.31. The van der Waals surface area contributed by atoms with Crippen LogP contribution < -0.4 is 9.47 Å². The summed E-state index contributed by atoms with van der Waals surface area (Å²) in [5.74, 6) is 2.04. The van der Waals surface area contributed by atoms with Gasteiger partial charge >= 0.3 is 0 Å². The molecule has 1 atom stereocenters. The maximum atomic E-state index is 10.4. The third-order valence-corrected chi connectivity index (χ3v) is 5.97. The molecular weight excluding hydrogens is 402 g/mol. The standard InChI is InChI=1S/C26H33N3O3/c1-4-21(30)17-28(19-15-16-19)18-22-23(5-2)27-29(20-11-7-6-8-12-20)26(22)32-25-14-10-9-13-24(25)31-3/h6-14,19,21,30H,4-5,15-18H2,1-3H3. The molecule has 32 heavy (non-hydrogen) atoms. The molecule has 0 aliphatic heterocycles. The number of hydrogen-bond acceptors (Lipinski definition) is 5. The molecule has 0 bridgehead atoms. The van der Waals surface area contributed by atoms with E-state index in [1.807, 2.05) is 66.2 Å². The van der Waals surface area contributed by atoms with Crippen LogP contribution in [0.3, 0.4) is 0 Å². The van der Waals surface area contributed by atoms with Gasteiger partial charge in [-0.25, -0.2) is 4.68 Å². The summed E-state index contributed by atoms with van der Waals surface area (Å²) in [6.45, 7) is 5.50. The highest BCUT2D eigenvalue weighted by atomic mass is 16.5. The third kappa shape index (κ3) is 4.97. The first kappa shape index (κ1) is 22.4. The minimum Gasteiger partial charge on any atom is -0.493 e. The van der Waals surface area contributed by atoms with Crippen LogP contribution >= 0.6 is 0 Å². The van der Waals surface area contributed by atoms with Crippen molar-refractivity contribution in [3.05, 3.63) is 65.9 Å². The van der Waals surface area contributed by atoms with Gasteiger partial charge in [-0.15, -0.1) is 0 Å². The van der Waals surface area contributed by atoms with Crippen molar-refractivity contribution in [1.29, 1.82) is 0 Å². The van der Waals surface area contributed by atoms with E-state index in [4.69, 9.17) is 14.6 Å². The smallest absolute Gasteiger partial charge is 0.227 e. The van der Waals surface area contributed by atoms with E-state index in [0.29, 0.717) is 36.5 Å². The maximum absolute atomic E-state index is 10.4. The van der Waals surface area contributed by atoms with E-state index in [2.05, 4.69) is 11.8 Å². The molecule has 1 heterocycles. The molecule has 1 aliphatic rings. The average molecular weight is 436 g/mol. The molecule has 1 unspecified atom stereocenters. The van der Waals surface area contributed by atoms with Crippen molar-refractivity contribution in [3.63, 3.8) is 0 Å². The van der Waals surface area contributed by atoms with Crippen molar-refractivity contribution in [3.8, 4) is 23.1 Å². The number of methoxy groups -OCH3 is 1. The molecule has 0 saturated heterocycles. The third-order valence-electron chi connectivity index (χ3n) is 5.97. The second-order valence-electron chi connectivity index (χ2n) is 8.31. The first-order valence-electron chi connectivity index (χ1n) is 11.5. The molecule has 170 valence electrons. The number of nitrogens with zero attached hydrogens (tertiary/aromatic N) is 3. The van der Waals surface area contributed by atoms with Gasteiger partial charge in [0.05, 0.1) is 30.2 Å². The summed E-state index contributed by atoms with van der Waals surface area (Å²) < 4.78 is 13.9. The molecule has 0 radical (unpaired) electrons. The number of hydrogen-bond donors (Lipinski definition) is 1. The highest BCUT2D eigenvalue weighted by molar-refractivity contribution is 5.47. The van der Waals surface area contributed by atoms with Crippen LogP contribution in [0.15, 0.2) is 54.6 Å². The topological polar surface area (TPSA) is 59.8 Å². The van der Waals surface area contributed by atoms with Crippen LogP contribution in [0.2, 0.25) is 0 Å². The van der Waals surface area contributed by atoms with Crippen LogP contribution in [0, 0.1) is 0 Å². The van der Waals surface area contributed by atoms with Gasteiger partial charge in [0.1, 0.15) is 0 Å². The number of para-hydroxylation sites is 3. The lowest BCUT2D eigenvalue weighted by Crippen LogP contribution is -2.33. The van der Waals surface area contributed by atoms with Crippen molar-refractivity contribution < 1.29 is 14.6 Å². The lowest BCUT2D eigenvalue weighted by atomic mass is 10.1. The van der Waals surface area contributed by atoms with Gasteiger partial charge in [0, 0.05) is 19.1 Å². The number of ether oxygens (including phenoxy) is 2. The van der Waals surface area contributed by atoms with E-state index in [9.17, 15) is 5.11 Å². The van der Waals surface area contributed by atoms with E-state index in [0.717, 1.165) is 29.8 Å². The quantitative estimate of drug-likeness (QED) is 0.461. The van der Waals surface area contributed by atoms with Crippen molar-refractivity contribution >= 4 is 0 Å². The van der Waals surface area contributed by atoms with Gasteiger partial charge in [-0.3, -0.25) is 4.90 Å². The molecule has 1 saturated carbocycles. The van der Waals surface area contributed by atoms with Crippen LogP contribution in [-0.4, -0.2) is 45.6 Å². The van der Waals surface area contributed by atoms with Crippen LogP contribution in [0.5, 0.6) is 17.4 Å². The Morgan fingerprint density at radius 3 is 2.38 bits per heavy atom. The van der Waals surface area contributed by atoms with Gasteiger partial charge in [-0.1, -0.05) is 44.2 Å². The van der Waals surface area contributed by atoms with Gasteiger partial charge in [0.15, 0.2) is 11.5 Å². The van der Waals surface area contributed by atoms with Crippen LogP contribution in [-0.2, 0) is 13.0 Å². The van der Waals surface area contributed by atoms with Gasteiger partial charge < -0.3 is 14.6 Å². The molecule has 6 heteroatoms. The predicted molar refractivity (Wildman–Crippen MR) is 126 cm³/mol. The Morgan fingerprint density at radius 1 is 1.06 bits per heavy atom. The molecule has 0 amide bonds. The van der Waals surface area contributed by atoms with Crippen LogP contribution in [0.25, 0.3) is 5.69 Å². The zero-order valence-corrected chi connectivity index (χ0v) is 19.2. The SMILES string of the molecule is CCc1nn(-c2ccccc2)c(Oc2ccccc2OC)c1CN(CC(O)CC)C1CC1. The number of rotatable bonds is 11. The monoisotopic (exact) mass is 435 g/mol. The number of benzene rings is 2. The molecule has 2 aromatic carbocycles. The molecule has 1 aliphatic carbocycles. The largest absolute Gasteiger partial charge is 0.493 e. The summed E-state index contributed by atoms with van der Waals surface area (Å²) in [4.78, 5) is 2.38. The summed E-state index contributed by atoms with van der Waals surface area (Å²) in [6.07, 6.45) is 3.56. The predicted octanol–water partition coefficient (Wildman–Crippen LogP) is 4.97. The van der Waals surface area contributed by atoms with E-state index in [1.165, 1.54) is 12.8 Å². The first-order valence-corrected chi connectivity index (χ1v) is 11.5. The zero-order chi connectivity index (χ0) is 22.5. The van der Waals surface area contributed by atoms with Crippen molar-refractivity contribution in [2.24, 2.45) is 0 Å². The summed E-state index contributed by atoms with van der Waals surface area (Å²) in [5.41, 5.74) is 3.03. The Morgan fingerprint density at radius 2 is 1.75 bits per heavy atom. The minimum atomic E-state index is -0.330. The molecule has 1 aromatic heterocycles. The second kappa shape index (κ2) is 10.2. The fourth-order valence-electron chi connectivity index (χ4n) is 3.96. The highest BCUT2D eigenvalue weighted by Gasteiger charge is 2.32. The van der Waals surface area contributed by atoms with Crippen molar-refractivity contribution in [2.75, 3.05) is 13.7 Å². The first-order chi connectivity index (χ1) is 15.6. The Labute approximate surface area is 190 Å². The molecule has 1 N–H and O–H groups in total. The highest BCUT2D eigenvalue weighted by Crippen LogP contribution is 2.38. The van der Waals surface area contributed by atoms with Gasteiger partial charge in [0.2, 0.25) is 5.88 Å². The zero-order valence-electron chi connectivity index (χ0n) is 19.2. The number of aliphatic hydroxyl groups is 1. The Balaban J connectivity index is 1.78. The fourth-order valence-corrected chi connectivity index (χ4v) is 3.96. The summed E-state index contributed by atoms with van der Waals surface area (Å²) >= 11 is 0. The molecule has 4 rings (SSSR count). The number of aromatic nitrogens is 2. The number of aryl methyl sites for hydroxylation is 1. The average Bonchev–Trinajstić information content (AvgIpc) is 3.63. The van der Waals surface area contributed by atoms with E-state index in [-0.39, 0.29) is 6.10 Å². The summed E-state index contributed by atoms with van der Waals surface area (Å²) in [5, 5.41) is 15.3. The molecular formula is C26H33N3O3. The van der Waals surface area contributed by atoms with E-state index < -0.39 is 0 Å². The van der Waals surface area contributed by atoms with Crippen LogP contribution in [0.1, 0.15) is 44.4 Å². The van der Waals surface area contributed by atoms with E-state index in [1.54, 1.807) is 7.11 Å². The van der Waals surface area contributed by atoms with Gasteiger partial charge in [0.25, 0.3) is 0 Å². The molecule has 6 nitrogen and oxygen atoms in total. The Bertz CT molecular complexity index is 1010. The van der Waals surface area contributed by atoms with Gasteiger partial charge in [-0.2, -0.15) is 5.10 Å². The van der Waals surface area contributed by atoms with Crippen molar-refractivity contribution in [1.82, 2.24) is 14.7 Å². The molecule has 0 spiro atoms. The van der Waals surface area contributed by atoms with E-state index >= 15 is 0 Å². The lowest BCUT2D eigenvalue weighted by Gasteiger charge is -2.25. The van der Waals surface area contributed by atoms with Crippen molar-refractivity contribution in [2.45, 2.75) is 58.2 Å². The number of aliphatic hydroxyl groups excluding tert-OH is 1. The molecule has 3 aromatic rings. The normalized spacial score (nSPS) is 14.5. The minimum absolute atomic E-state index is 0.330.